The molecule has 0 saturated heterocycles. The highest BCUT2D eigenvalue weighted by Gasteiger charge is 2.15. The summed E-state index contributed by atoms with van der Waals surface area (Å²) in [7, 11) is 0. The van der Waals surface area contributed by atoms with Crippen molar-refractivity contribution in [2.75, 3.05) is 11.1 Å². The highest BCUT2D eigenvalue weighted by atomic mass is 35.5. The van der Waals surface area contributed by atoms with Gasteiger partial charge in [-0.1, -0.05) is 69.4 Å². The Labute approximate surface area is 242 Å². The van der Waals surface area contributed by atoms with Gasteiger partial charge in [-0.05, 0) is 41.8 Å². The van der Waals surface area contributed by atoms with E-state index in [9.17, 15) is 22.4 Å². The van der Waals surface area contributed by atoms with Gasteiger partial charge in [0.1, 0.15) is 12.4 Å². The molecule has 4 nitrogen and oxygen atoms in total. The van der Waals surface area contributed by atoms with Crippen LogP contribution in [0.4, 0.5) is 23.2 Å². The molecule has 0 saturated carbocycles. The molecule has 1 amide bonds. The molecule has 1 atom stereocenters. The van der Waals surface area contributed by atoms with Crippen LogP contribution >= 0.6 is 23.4 Å². The van der Waals surface area contributed by atoms with E-state index >= 15 is 0 Å². The van der Waals surface area contributed by atoms with E-state index in [1.165, 1.54) is 48.9 Å². The van der Waals surface area contributed by atoms with Crippen LogP contribution in [0.1, 0.15) is 56.5 Å². The van der Waals surface area contributed by atoms with Gasteiger partial charge in [0.05, 0.1) is 5.02 Å². The number of amides is 1. The average molecular weight is 597 g/mol. The summed E-state index contributed by atoms with van der Waals surface area (Å²) in [6.07, 6.45) is 4.33. The molecule has 10 heteroatoms. The molecule has 0 aromatic heterocycles. The molecule has 0 fully saturated rings. The molecule has 3 aromatic carbocycles. The summed E-state index contributed by atoms with van der Waals surface area (Å²) in [5, 5.41) is 6.68. The predicted molar refractivity (Wildman–Crippen MR) is 155 cm³/mol. The van der Waals surface area contributed by atoms with E-state index in [1.54, 1.807) is 24.4 Å². The number of hydrogen-bond donors (Lipinski definition) is 1. The van der Waals surface area contributed by atoms with Gasteiger partial charge >= 0.3 is 0 Å². The Morgan fingerprint density at radius 2 is 1.68 bits per heavy atom. The monoisotopic (exact) mass is 596 g/mol. The van der Waals surface area contributed by atoms with Gasteiger partial charge in [0.25, 0.3) is 5.91 Å². The molecule has 40 heavy (non-hydrogen) atoms. The lowest BCUT2D eigenvalue weighted by atomic mass is 10.1. The molecule has 0 spiro atoms. The van der Waals surface area contributed by atoms with Crippen molar-refractivity contribution in [1.29, 1.82) is 0 Å². The lowest BCUT2D eigenvalue weighted by molar-refractivity contribution is 0.102. The summed E-state index contributed by atoms with van der Waals surface area (Å²) in [5.41, 5.74) is 0.783. The van der Waals surface area contributed by atoms with Gasteiger partial charge in [0.15, 0.2) is 17.5 Å². The number of halogens is 5. The normalized spacial score (nSPS) is 11.8. The molecule has 0 bridgehead atoms. The Kier molecular flexibility index (Phi) is 14.0. The Morgan fingerprint density at radius 1 is 1.02 bits per heavy atom. The van der Waals surface area contributed by atoms with E-state index in [0.29, 0.717) is 27.8 Å². The molecule has 0 aliphatic rings. The van der Waals surface area contributed by atoms with Crippen molar-refractivity contribution >= 4 is 41.2 Å². The molecule has 3 aromatic rings. The molecular formula is C30H33ClF4N2O2S. The van der Waals surface area contributed by atoms with Crippen LogP contribution in [0.25, 0.3) is 0 Å². The third-order valence-electron chi connectivity index (χ3n) is 5.34. The summed E-state index contributed by atoms with van der Waals surface area (Å²) in [4.78, 5) is 18.3. The quantitative estimate of drug-likeness (QED) is 0.0788. The zero-order valence-corrected chi connectivity index (χ0v) is 24.4. The number of hydrogen-bond acceptors (Lipinski definition) is 4. The van der Waals surface area contributed by atoms with Crippen molar-refractivity contribution < 1.29 is 27.2 Å². The van der Waals surface area contributed by atoms with Gasteiger partial charge in [-0.15, -0.1) is 11.8 Å². The third-order valence-corrected chi connectivity index (χ3v) is 7.12. The van der Waals surface area contributed by atoms with Crippen LogP contribution in [-0.2, 0) is 11.4 Å². The maximum Gasteiger partial charge on any atom is 0.255 e. The van der Waals surface area contributed by atoms with Crippen molar-refractivity contribution in [3.8, 4) is 0 Å². The minimum absolute atomic E-state index is 0.00284. The van der Waals surface area contributed by atoms with Gasteiger partial charge in [-0.25, -0.2) is 17.6 Å². The molecule has 0 heterocycles. The second-order valence-corrected chi connectivity index (χ2v) is 10.9. The van der Waals surface area contributed by atoms with E-state index in [1.807, 2.05) is 6.92 Å². The number of nitrogens with one attached hydrogen (secondary N) is 1. The molecule has 0 aliphatic carbocycles. The van der Waals surface area contributed by atoms with Crippen LogP contribution < -0.4 is 5.32 Å². The smallest absolute Gasteiger partial charge is 0.255 e. The minimum atomic E-state index is -1.61. The van der Waals surface area contributed by atoms with Crippen molar-refractivity contribution in [2.24, 2.45) is 17.0 Å². The number of benzene rings is 3. The largest absolute Gasteiger partial charge is 0.391 e. The van der Waals surface area contributed by atoms with Crippen LogP contribution in [0.15, 0.2) is 64.6 Å². The van der Waals surface area contributed by atoms with E-state index in [-0.39, 0.29) is 29.6 Å². The first kappa shape index (κ1) is 33.2. The van der Waals surface area contributed by atoms with Crippen LogP contribution in [0.2, 0.25) is 5.02 Å². The number of oxime groups is 1. The summed E-state index contributed by atoms with van der Waals surface area (Å²) < 4.78 is 52.8. The number of thioether (sulfide) groups is 1. The predicted octanol–water partition coefficient (Wildman–Crippen LogP) is 9.52. The maximum atomic E-state index is 13.4. The van der Waals surface area contributed by atoms with Crippen LogP contribution in [0, 0.1) is 35.1 Å². The Hall–Kier alpha value is -3.04. The van der Waals surface area contributed by atoms with Gasteiger partial charge in [0.2, 0.25) is 0 Å². The van der Waals surface area contributed by atoms with Crippen LogP contribution in [0.5, 0.6) is 0 Å². The standard InChI is InChI=1S/C24H19ClF4N2O2S.C6H14/c1-14(11-30-33-12-15-2-5-17(26)6-3-15)13-34-22-8-16(4-7-19(22)25)24(32)31-18-9-20(27)23(29)21(28)10-18;1-4-5-6(2)3/h2-11,14H,12-13H2,1H3,(H,31,32);6H,4-5H2,1-3H3/b30-11+;. The SMILES string of the molecule is CC(/C=N/OCc1ccc(F)cc1)CSc1cc(C(=O)Nc2cc(F)c(F)c(F)c2)ccc1Cl.CCCC(C)C. The molecule has 3 rings (SSSR count). The number of anilines is 1. The molecular weight excluding hydrogens is 564 g/mol. The fourth-order valence-electron chi connectivity index (χ4n) is 3.27. The van der Waals surface area contributed by atoms with E-state index in [0.717, 1.165) is 11.5 Å². The molecule has 216 valence electrons. The minimum Gasteiger partial charge on any atom is -0.391 e. The molecule has 1 N–H and O–H groups in total. The second-order valence-electron chi connectivity index (χ2n) is 9.48. The first-order chi connectivity index (χ1) is 19.0. The van der Waals surface area contributed by atoms with Crippen molar-refractivity contribution in [3.63, 3.8) is 0 Å². The fraction of sp³-hybridized carbons (Fsp3) is 0.333. The molecule has 1 unspecified atom stereocenters. The van der Waals surface area contributed by atoms with Gasteiger partial charge < -0.3 is 10.2 Å². The van der Waals surface area contributed by atoms with Crippen LogP contribution in [0.3, 0.4) is 0 Å². The van der Waals surface area contributed by atoms with E-state index < -0.39 is 23.4 Å². The molecule has 0 aliphatic heterocycles. The summed E-state index contributed by atoms with van der Waals surface area (Å²) >= 11 is 7.62. The first-order valence-corrected chi connectivity index (χ1v) is 14.1. The van der Waals surface area contributed by atoms with Gasteiger partial charge in [0, 0.05) is 46.2 Å². The topological polar surface area (TPSA) is 50.7 Å². The number of carbonyl (C=O) groups is 1. The summed E-state index contributed by atoms with van der Waals surface area (Å²) in [5.74, 6) is -3.90. The van der Waals surface area contributed by atoms with Gasteiger partial charge in [-0.3, -0.25) is 4.79 Å². The number of carbonyl (C=O) groups excluding carboxylic acids is 1. The highest BCUT2D eigenvalue weighted by Crippen LogP contribution is 2.30. The van der Waals surface area contributed by atoms with E-state index in [2.05, 4.69) is 31.2 Å². The van der Waals surface area contributed by atoms with Crippen molar-refractivity contribution in [3.05, 3.63) is 94.0 Å². The third kappa shape index (κ3) is 11.6. The Morgan fingerprint density at radius 3 is 2.25 bits per heavy atom. The van der Waals surface area contributed by atoms with E-state index in [4.69, 9.17) is 16.4 Å². The summed E-state index contributed by atoms with van der Waals surface area (Å²) in [6.45, 7) is 8.86. The number of rotatable bonds is 11. The first-order valence-electron chi connectivity index (χ1n) is 12.8. The lowest BCUT2D eigenvalue weighted by Crippen LogP contribution is -2.13. The Balaban J connectivity index is 0.000000840. The van der Waals surface area contributed by atoms with Gasteiger partial charge in [-0.2, -0.15) is 0 Å². The summed E-state index contributed by atoms with van der Waals surface area (Å²) in [6, 6.07) is 11.8. The zero-order valence-electron chi connectivity index (χ0n) is 22.8. The average Bonchev–Trinajstić information content (AvgIpc) is 2.90. The maximum absolute atomic E-state index is 13.4. The Bertz CT molecular complexity index is 1250. The fourth-order valence-corrected chi connectivity index (χ4v) is 4.49. The molecule has 0 radical (unpaired) electrons. The second kappa shape index (κ2) is 16.9. The highest BCUT2D eigenvalue weighted by molar-refractivity contribution is 7.99. The zero-order chi connectivity index (χ0) is 29.7. The van der Waals surface area contributed by atoms with Crippen molar-refractivity contribution in [1.82, 2.24) is 0 Å². The lowest BCUT2D eigenvalue weighted by Gasteiger charge is -2.10. The number of nitrogens with zero attached hydrogens (tertiary/aromatic N) is 1. The van der Waals surface area contributed by atoms with Crippen LogP contribution in [-0.4, -0.2) is 17.9 Å². The van der Waals surface area contributed by atoms with Crippen molar-refractivity contribution in [2.45, 2.75) is 52.0 Å².